The van der Waals surface area contributed by atoms with E-state index in [1.807, 2.05) is 54.6 Å². The summed E-state index contributed by atoms with van der Waals surface area (Å²) in [4.78, 5) is 21.0. The van der Waals surface area contributed by atoms with Crippen LogP contribution in [0, 0.1) is 69.4 Å². The Labute approximate surface area is 382 Å². The molecule has 0 amide bonds. The van der Waals surface area contributed by atoms with E-state index < -0.39 is 0 Å². The van der Waals surface area contributed by atoms with E-state index >= 15 is 0 Å². The van der Waals surface area contributed by atoms with Crippen molar-refractivity contribution in [2.75, 3.05) is 6.61 Å². The first-order valence-electron chi connectivity index (χ1n) is 19.2. The van der Waals surface area contributed by atoms with Gasteiger partial charge in [-0.1, -0.05) is 33.1 Å². The molecular weight excluding hydrogens is 909 g/mol. The number of nitrogens with zero attached hydrogens (tertiary/aromatic N) is 4. The Morgan fingerprint density at radius 1 is 0.623 bits per heavy atom. The molecule has 0 aliphatic carbocycles. The number of unbranched alkanes of at least 4 members (excludes halogenated alkanes) is 1. The van der Waals surface area contributed by atoms with Crippen LogP contribution in [0.25, 0.3) is 52.9 Å². The molecule has 0 radical (unpaired) electrons. The highest BCUT2D eigenvalue weighted by Gasteiger charge is 2.23. The SMILES string of the molecule is CCCCC(CC)COC(=O)c1cc2c(-c3ccc(/C=c4/cc/c(=c5/ccc(=C(C#N)C#N)s5)s4)s3)sc(-c3ccc(/C=c4/cc/c(=c5/ccc(=C(C#N)C#N)s5)s4)s3)c2s1. The first-order chi connectivity index (χ1) is 29.8. The molecule has 0 aliphatic rings. The van der Waals surface area contributed by atoms with Crippen molar-refractivity contribution in [1.29, 1.82) is 21.0 Å². The number of nitriles is 4. The number of carbonyl (C=O) groups is 1. The predicted octanol–water partition coefficient (Wildman–Crippen LogP) is 11.7. The Kier molecular flexibility index (Phi) is 13.4. The number of esters is 1. The van der Waals surface area contributed by atoms with Crippen molar-refractivity contribution >= 4 is 130 Å². The molecule has 8 aromatic rings. The maximum Gasteiger partial charge on any atom is 0.348 e. The maximum atomic E-state index is 13.6. The van der Waals surface area contributed by atoms with Gasteiger partial charge in [0.25, 0.3) is 0 Å². The van der Waals surface area contributed by atoms with Crippen molar-refractivity contribution in [3.63, 3.8) is 0 Å². The fourth-order valence-electron chi connectivity index (χ4n) is 6.53. The van der Waals surface area contributed by atoms with Crippen molar-refractivity contribution < 1.29 is 9.53 Å². The van der Waals surface area contributed by atoms with Gasteiger partial charge in [0.05, 0.1) is 30.1 Å². The molecular formula is C47H32N4O2S8. The minimum atomic E-state index is -0.264. The van der Waals surface area contributed by atoms with Crippen LogP contribution in [0.4, 0.5) is 0 Å². The maximum absolute atomic E-state index is 13.6. The largest absolute Gasteiger partial charge is 0.461 e. The molecule has 0 aromatic carbocycles. The van der Waals surface area contributed by atoms with Crippen LogP contribution >= 0.6 is 90.7 Å². The van der Waals surface area contributed by atoms with Crippen LogP contribution in [0.3, 0.4) is 0 Å². The minimum absolute atomic E-state index is 0.128. The van der Waals surface area contributed by atoms with Gasteiger partial charge in [0.15, 0.2) is 0 Å². The zero-order valence-electron chi connectivity index (χ0n) is 32.6. The van der Waals surface area contributed by atoms with Gasteiger partial charge in [-0.05, 0) is 103 Å². The van der Waals surface area contributed by atoms with Gasteiger partial charge >= 0.3 is 5.97 Å². The summed E-state index contributed by atoms with van der Waals surface area (Å²) in [5.74, 6) is 0.0957. The van der Waals surface area contributed by atoms with Gasteiger partial charge in [-0.15, -0.1) is 90.7 Å². The lowest BCUT2D eigenvalue weighted by Crippen LogP contribution is -2.13. The number of carbonyl (C=O) groups excluding carboxylic acids is 1. The molecule has 300 valence electrons. The molecule has 61 heavy (non-hydrogen) atoms. The van der Waals surface area contributed by atoms with Gasteiger partial charge in [-0.2, -0.15) is 21.0 Å². The average Bonchev–Trinajstić information content (AvgIpc) is 4.12. The number of hydrogen-bond acceptors (Lipinski definition) is 14. The van der Waals surface area contributed by atoms with Crippen LogP contribution in [0.2, 0.25) is 0 Å². The van der Waals surface area contributed by atoms with E-state index in [4.69, 9.17) is 4.74 Å². The van der Waals surface area contributed by atoms with E-state index in [0.717, 1.165) is 92.2 Å². The average molecular weight is 941 g/mol. The summed E-state index contributed by atoms with van der Waals surface area (Å²) in [7, 11) is 0. The Hall–Kier alpha value is -5.23. The van der Waals surface area contributed by atoms with Crippen LogP contribution in [0.5, 0.6) is 0 Å². The molecule has 8 heterocycles. The van der Waals surface area contributed by atoms with E-state index in [2.05, 4.69) is 74.5 Å². The van der Waals surface area contributed by atoms with Crippen molar-refractivity contribution in [2.45, 2.75) is 39.5 Å². The normalized spacial score (nSPS) is 13.4. The minimum Gasteiger partial charge on any atom is -0.461 e. The number of fused-ring (bicyclic) bond motifs is 1. The molecule has 1 unspecified atom stereocenters. The summed E-state index contributed by atoms with van der Waals surface area (Å²) in [6.45, 7) is 4.78. The number of hydrogen-bond donors (Lipinski definition) is 0. The predicted molar refractivity (Wildman–Crippen MR) is 257 cm³/mol. The molecule has 6 nitrogen and oxygen atoms in total. The number of thiophene rings is 8. The molecule has 14 heteroatoms. The number of ether oxygens (including phenoxy) is 1. The van der Waals surface area contributed by atoms with Crippen molar-refractivity contribution in [3.8, 4) is 43.8 Å². The van der Waals surface area contributed by atoms with Crippen molar-refractivity contribution in [3.05, 3.63) is 130 Å². The van der Waals surface area contributed by atoms with Gasteiger partial charge in [-0.25, -0.2) is 4.79 Å². The second kappa shape index (κ2) is 19.2. The molecule has 0 aliphatic heterocycles. The summed E-state index contributed by atoms with van der Waals surface area (Å²) >= 11 is 13.0. The standard InChI is InChI=1S/C47H32N4O2S8/c1-3-5-6-27(4-2)26-53-47(52)43-21-34-44(41-13-9-32(56-41)19-30-7-11-37(54-30)39-17-15-35(58-39)28(22-48)23-49)61-46(45(34)60-43)42-14-10-33(57-42)20-31-8-12-38(55-31)40-18-16-36(59-40)29(24-50)25-51/h7-21,27H,3-6,26H2,1-2H3/b30-19-,31-20-,39-37+,40-38+. The summed E-state index contributed by atoms with van der Waals surface area (Å²) in [6, 6.07) is 34.5. The van der Waals surface area contributed by atoms with E-state index in [0.29, 0.717) is 26.5 Å². The Balaban J connectivity index is 1.15. The Bertz CT molecular complexity index is 3330. The second-order valence-electron chi connectivity index (χ2n) is 13.8. The van der Waals surface area contributed by atoms with E-state index in [9.17, 15) is 25.8 Å². The smallest absolute Gasteiger partial charge is 0.348 e. The third kappa shape index (κ3) is 9.34. The highest BCUT2D eigenvalue weighted by Crippen LogP contribution is 2.50. The summed E-state index contributed by atoms with van der Waals surface area (Å²) in [5.41, 5.74) is 0.257. The van der Waals surface area contributed by atoms with Gasteiger partial charge in [0, 0.05) is 52.1 Å². The van der Waals surface area contributed by atoms with Crippen molar-refractivity contribution in [2.24, 2.45) is 5.92 Å². The first-order valence-corrected chi connectivity index (χ1v) is 25.7. The lowest BCUT2D eigenvalue weighted by Gasteiger charge is -2.14. The van der Waals surface area contributed by atoms with Gasteiger partial charge in [0.1, 0.15) is 40.3 Å². The van der Waals surface area contributed by atoms with Crippen LogP contribution in [-0.4, -0.2) is 12.6 Å². The van der Waals surface area contributed by atoms with E-state index in [1.54, 1.807) is 56.7 Å². The van der Waals surface area contributed by atoms with Crippen LogP contribution in [0.15, 0.2) is 78.9 Å². The molecule has 0 spiro atoms. The summed E-state index contributed by atoms with van der Waals surface area (Å²) < 4.78 is 14.8. The molecule has 8 rings (SSSR count). The fraction of sp³-hybridized carbons (Fsp3) is 0.170. The Morgan fingerprint density at radius 2 is 1.15 bits per heavy atom. The number of rotatable bonds is 11. The zero-order valence-corrected chi connectivity index (χ0v) is 39.2. The van der Waals surface area contributed by atoms with E-state index in [1.165, 1.54) is 34.0 Å². The molecule has 8 aromatic heterocycles. The highest BCUT2D eigenvalue weighted by molar-refractivity contribution is 7.33. The van der Waals surface area contributed by atoms with E-state index in [-0.39, 0.29) is 17.1 Å². The lowest BCUT2D eigenvalue weighted by molar-refractivity contribution is 0.0434. The monoisotopic (exact) mass is 940 g/mol. The third-order valence-corrected chi connectivity index (χ3v) is 19.3. The summed E-state index contributed by atoms with van der Waals surface area (Å²) in [5, 5.41) is 38.2. The molecule has 0 bridgehead atoms. The third-order valence-electron chi connectivity index (χ3n) is 9.74. The second-order valence-corrected chi connectivity index (χ2v) is 22.5. The molecule has 0 N–H and O–H groups in total. The lowest BCUT2D eigenvalue weighted by atomic mass is 10.0. The highest BCUT2D eigenvalue weighted by atomic mass is 32.1. The molecule has 0 saturated heterocycles. The summed E-state index contributed by atoms with van der Waals surface area (Å²) in [6.07, 6.45) is 8.66. The van der Waals surface area contributed by atoms with Crippen LogP contribution in [0.1, 0.15) is 59.0 Å². The van der Waals surface area contributed by atoms with Gasteiger partial charge in [0.2, 0.25) is 0 Å². The van der Waals surface area contributed by atoms with Crippen LogP contribution < -0.4 is 18.1 Å². The van der Waals surface area contributed by atoms with Crippen LogP contribution in [-0.2, 0) is 4.74 Å². The topological polar surface area (TPSA) is 121 Å². The first kappa shape index (κ1) is 42.5. The van der Waals surface area contributed by atoms with Gasteiger partial charge in [-0.3, -0.25) is 0 Å². The fourth-order valence-corrected chi connectivity index (χ4v) is 15.4. The zero-order chi connectivity index (χ0) is 42.5. The van der Waals surface area contributed by atoms with Gasteiger partial charge < -0.3 is 4.74 Å². The molecule has 0 saturated carbocycles. The molecule has 1 atom stereocenters. The Morgan fingerprint density at radius 3 is 1.67 bits per heavy atom. The molecule has 0 fully saturated rings. The van der Waals surface area contributed by atoms with Crippen molar-refractivity contribution in [1.82, 2.24) is 0 Å². The quantitative estimate of drug-likeness (QED) is 0.119.